The highest BCUT2D eigenvalue weighted by atomic mass is 19.1. The van der Waals surface area contributed by atoms with Crippen molar-refractivity contribution in [2.75, 3.05) is 0 Å². The molecule has 2 nitrogen and oxygen atoms in total. The molecule has 2 N–H and O–H groups in total. The molecule has 0 heterocycles. The van der Waals surface area contributed by atoms with E-state index in [1.165, 1.54) is 19.3 Å². The fourth-order valence-corrected chi connectivity index (χ4v) is 1.87. The molecule has 0 bridgehead atoms. The molecule has 3 heteroatoms. The van der Waals surface area contributed by atoms with Crippen molar-refractivity contribution in [2.45, 2.75) is 44.6 Å². The van der Waals surface area contributed by atoms with Crippen LogP contribution in [0.5, 0.6) is 0 Å². The van der Waals surface area contributed by atoms with E-state index in [9.17, 15) is 9.18 Å². The highest BCUT2D eigenvalue weighted by Crippen LogP contribution is 2.26. The van der Waals surface area contributed by atoms with E-state index in [1.807, 2.05) is 0 Å². The van der Waals surface area contributed by atoms with Crippen molar-refractivity contribution in [3.8, 4) is 0 Å². The summed E-state index contributed by atoms with van der Waals surface area (Å²) in [5, 5.41) is 0. The van der Waals surface area contributed by atoms with E-state index < -0.39 is 12.1 Å². The van der Waals surface area contributed by atoms with Crippen molar-refractivity contribution in [3.63, 3.8) is 0 Å². The van der Waals surface area contributed by atoms with E-state index in [2.05, 4.69) is 0 Å². The Balaban J connectivity index is 2.24. The van der Waals surface area contributed by atoms with Crippen LogP contribution in [0.15, 0.2) is 0 Å². The Bertz CT molecular complexity index is 155. The van der Waals surface area contributed by atoms with Crippen LogP contribution in [-0.2, 0) is 4.79 Å². The highest BCUT2D eigenvalue weighted by molar-refractivity contribution is 5.73. The summed E-state index contributed by atoms with van der Waals surface area (Å²) in [6.07, 6.45) is 6.45. The molecule has 0 spiro atoms. The van der Waals surface area contributed by atoms with Crippen LogP contribution in [0.25, 0.3) is 0 Å². The zero-order chi connectivity index (χ0) is 8.97. The number of halogens is 1. The van der Waals surface area contributed by atoms with E-state index in [1.54, 1.807) is 0 Å². The van der Waals surface area contributed by atoms with E-state index in [4.69, 9.17) is 5.73 Å². The van der Waals surface area contributed by atoms with Gasteiger partial charge in [0.25, 0.3) is 0 Å². The summed E-state index contributed by atoms with van der Waals surface area (Å²) in [6, 6.07) is -2.23. The molecule has 0 aromatic carbocycles. The van der Waals surface area contributed by atoms with Crippen molar-refractivity contribution in [2.24, 2.45) is 11.7 Å². The summed E-state index contributed by atoms with van der Waals surface area (Å²) in [4.78, 5) is 10.2. The van der Waals surface area contributed by atoms with Crippen molar-refractivity contribution in [3.05, 3.63) is 0 Å². The summed E-state index contributed by atoms with van der Waals surface area (Å²) in [5.41, 5.74) is 5.32. The fraction of sp³-hybridized carbons (Fsp3) is 0.889. The van der Waals surface area contributed by atoms with Crippen molar-refractivity contribution >= 4 is 6.04 Å². The lowest BCUT2D eigenvalue weighted by atomic mass is 9.85. The average molecular weight is 173 g/mol. The molecule has 0 radical (unpaired) electrons. The first kappa shape index (κ1) is 9.65. The molecule has 1 saturated carbocycles. The van der Waals surface area contributed by atoms with Gasteiger partial charge in [-0.3, -0.25) is 4.79 Å². The van der Waals surface area contributed by atoms with Gasteiger partial charge >= 0.3 is 6.04 Å². The van der Waals surface area contributed by atoms with Gasteiger partial charge in [0.05, 0.1) is 6.04 Å². The molecule has 0 amide bonds. The lowest BCUT2D eigenvalue weighted by Crippen LogP contribution is -2.30. The Hall–Kier alpha value is -0.440. The van der Waals surface area contributed by atoms with Gasteiger partial charge in [0.1, 0.15) is 0 Å². The minimum absolute atomic E-state index is 0.480. The second kappa shape index (κ2) is 4.55. The second-order valence-electron chi connectivity index (χ2n) is 3.65. The van der Waals surface area contributed by atoms with Crippen LogP contribution in [0.2, 0.25) is 0 Å². The van der Waals surface area contributed by atoms with Gasteiger partial charge in [-0.25, -0.2) is 0 Å². The van der Waals surface area contributed by atoms with Gasteiger partial charge in [-0.05, 0) is 12.3 Å². The molecule has 1 fully saturated rings. The molecular weight excluding hydrogens is 157 g/mol. The molecule has 0 aliphatic heterocycles. The van der Waals surface area contributed by atoms with E-state index in [0.29, 0.717) is 12.3 Å². The van der Waals surface area contributed by atoms with Crippen LogP contribution >= 0.6 is 0 Å². The summed E-state index contributed by atoms with van der Waals surface area (Å²) in [6.45, 7) is 0. The number of hydrogen-bond donors (Lipinski definition) is 1. The maximum absolute atomic E-state index is 12.1. The standard InChI is InChI=1S/C9H16FNO/c10-9(12)8(11)6-7-4-2-1-3-5-7/h7-8H,1-6,11H2/t8-/m0/s1. The summed E-state index contributed by atoms with van der Waals surface area (Å²) in [5.74, 6) is 0.480. The zero-order valence-electron chi connectivity index (χ0n) is 7.26. The number of rotatable bonds is 3. The molecule has 0 aromatic rings. The molecule has 0 unspecified atom stereocenters. The van der Waals surface area contributed by atoms with Gasteiger partial charge in [-0.15, -0.1) is 0 Å². The summed E-state index contributed by atoms with van der Waals surface area (Å²) < 4.78 is 12.1. The maximum Gasteiger partial charge on any atom is 0.318 e. The normalized spacial score (nSPS) is 22.2. The summed E-state index contributed by atoms with van der Waals surface area (Å²) in [7, 11) is 0. The Morgan fingerprint density at radius 2 is 2.00 bits per heavy atom. The molecule has 12 heavy (non-hydrogen) atoms. The van der Waals surface area contributed by atoms with Crippen LogP contribution in [-0.4, -0.2) is 12.1 Å². The third kappa shape index (κ3) is 2.89. The van der Waals surface area contributed by atoms with Gasteiger partial charge in [-0.2, -0.15) is 4.39 Å². The zero-order valence-corrected chi connectivity index (χ0v) is 7.26. The smallest absolute Gasteiger partial charge is 0.318 e. The van der Waals surface area contributed by atoms with E-state index in [0.717, 1.165) is 12.8 Å². The maximum atomic E-state index is 12.1. The Morgan fingerprint density at radius 3 is 2.50 bits per heavy atom. The van der Waals surface area contributed by atoms with Crippen LogP contribution < -0.4 is 5.73 Å². The van der Waals surface area contributed by atoms with E-state index in [-0.39, 0.29) is 0 Å². The van der Waals surface area contributed by atoms with Gasteiger partial charge in [0, 0.05) is 0 Å². The minimum Gasteiger partial charge on any atom is -0.319 e. The second-order valence-corrected chi connectivity index (χ2v) is 3.65. The summed E-state index contributed by atoms with van der Waals surface area (Å²) >= 11 is 0. The largest absolute Gasteiger partial charge is 0.319 e. The minimum atomic E-state index is -1.36. The molecule has 0 saturated heterocycles. The first-order valence-corrected chi connectivity index (χ1v) is 4.65. The van der Waals surface area contributed by atoms with Gasteiger partial charge in [0.15, 0.2) is 0 Å². The fourth-order valence-electron chi connectivity index (χ4n) is 1.87. The Labute approximate surface area is 72.3 Å². The number of nitrogens with two attached hydrogens (primary N) is 1. The van der Waals surface area contributed by atoms with Crippen molar-refractivity contribution < 1.29 is 9.18 Å². The van der Waals surface area contributed by atoms with Gasteiger partial charge in [0.2, 0.25) is 0 Å². The molecule has 1 atom stereocenters. The van der Waals surface area contributed by atoms with Gasteiger partial charge in [-0.1, -0.05) is 32.1 Å². The number of carbonyl (C=O) groups is 1. The Kier molecular flexibility index (Phi) is 3.66. The number of carbonyl (C=O) groups excluding carboxylic acids is 1. The molecule has 1 rings (SSSR count). The number of hydrogen-bond acceptors (Lipinski definition) is 2. The SMILES string of the molecule is N[C@@H](CC1CCCCC1)C(=O)F. The Morgan fingerprint density at radius 1 is 1.42 bits per heavy atom. The third-order valence-electron chi connectivity index (χ3n) is 2.60. The molecule has 0 aromatic heterocycles. The third-order valence-corrected chi connectivity index (χ3v) is 2.60. The predicted octanol–water partition coefficient (Wildman–Crippen LogP) is 1.78. The molecular formula is C9H16FNO. The lowest BCUT2D eigenvalue weighted by Gasteiger charge is -2.22. The average Bonchev–Trinajstić information content (AvgIpc) is 2.06. The van der Waals surface area contributed by atoms with Crippen molar-refractivity contribution in [1.29, 1.82) is 0 Å². The van der Waals surface area contributed by atoms with E-state index >= 15 is 0 Å². The molecule has 1 aliphatic rings. The van der Waals surface area contributed by atoms with Crippen LogP contribution in [0.3, 0.4) is 0 Å². The monoisotopic (exact) mass is 173 g/mol. The predicted molar refractivity (Wildman–Crippen MR) is 45.3 cm³/mol. The highest BCUT2D eigenvalue weighted by Gasteiger charge is 2.20. The molecule has 1 aliphatic carbocycles. The molecule has 70 valence electrons. The van der Waals surface area contributed by atoms with Gasteiger partial charge < -0.3 is 5.73 Å². The lowest BCUT2D eigenvalue weighted by molar-refractivity contribution is -0.131. The van der Waals surface area contributed by atoms with Crippen LogP contribution in [0.4, 0.5) is 4.39 Å². The quantitative estimate of drug-likeness (QED) is 0.661. The first-order chi connectivity index (χ1) is 5.70. The van der Waals surface area contributed by atoms with Crippen LogP contribution in [0, 0.1) is 5.92 Å². The van der Waals surface area contributed by atoms with Crippen molar-refractivity contribution in [1.82, 2.24) is 0 Å². The first-order valence-electron chi connectivity index (χ1n) is 4.65. The van der Waals surface area contributed by atoms with Crippen LogP contribution in [0.1, 0.15) is 38.5 Å². The topological polar surface area (TPSA) is 43.1 Å².